The Kier molecular flexibility index (Phi) is 3.67. The second kappa shape index (κ2) is 5.05. The topological polar surface area (TPSA) is 24.9 Å². The van der Waals surface area contributed by atoms with Gasteiger partial charge in [0.25, 0.3) is 0 Å². The standard InChI is InChI=1S/C14H17BrN2/c1-9(2)7-10-8-13(16-3)11-5-4-6-12(15)14(11)17-10/h4-6,8-9H,7H2,1-3H3,(H,16,17). The molecule has 0 atom stereocenters. The Balaban J connectivity index is 2.63. The minimum absolute atomic E-state index is 0.618. The van der Waals surface area contributed by atoms with E-state index in [9.17, 15) is 0 Å². The molecule has 1 N–H and O–H groups in total. The van der Waals surface area contributed by atoms with Gasteiger partial charge in [0.1, 0.15) is 0 Å². The summed E-state index contributed by atoms with van der Waals surface area (Å²) in [4.78, 5) is 4.74. The fourth-order valence-electron chi connectivity index (χ4n) is 2.00. The van der Waals surface area contributed by atoms with Gasteiger partial charge >= 0.3 is 0 Å². The van der Waals surface area contributed by atoms with Crippen LogP contribution in [0.1, 0.15) is 19.5 Å². The Labute approximate surface area is 111 Å². The van der Waals surface area contributed by atoms with Crippen LogP contribution in [-0.2, 0) is 6.42 Å². The summed E-state index contributed by atoms with van der Waals surface area (Å²) in [5.74, 6) is 0.618. The van der Waals surface area contributed by atoms with Crippen molar-refractivity contribution in [3.63, 3.8) is 0 Å². The van der Waals surface area contributed by atoms with E-state index in [1.54, 1.807) is 0 Å². The molecule has 0 aliphatic heterocycles. The molecule has 0 amide bonds. The zero-order chi connectivity index (χ0) is 12.4. The highest BCUT2D eigenvalue weighted by Crippen LogP contribution is 2.29. The first-order chi connectivity index (χ1) is 8.11. The van der Waals surface area contributed by atoms with Crippen molar-refractivity contribution in [1.82, 2.24) is 4.98 Å². The van der Waals surface area contributed by atoms with E-state index in [1.807, 2.05) is 19.2 Å². The molecule has 3 heteroatoms. The molecule has 0 aliphatic rings. The van der Waals surface area contributed by atoms with E-state index in [-0.39, 0.29) is 0 Å². The SMILES string of the molecule is CNc1cc(CC(C)C)nc2c(Br)cccc12. The normalized spacial score (nSPS) is 11.1. The molecule has 0 saturated heterocycles. The summed E-state index contributed by atoms with van der Waals surface area (Å²) in [5.41, 5.74) is 3.32. The van der Waals surface area contributed by atoms with Gasteiger partial charge in [-0.1, -0.05) is 26.0 Å². The van der Waals surface area contributed by atoms with Crippen molar-refractivity contribution in [3.05, 3.63) is 34.4 Å². The highest BCUT2D eigenvalue weighted by atomic mass is 79.9. The Morgan fingerprint density at radius 3 is 2.76 bits per heavy atom. The maximum atomic E-state index is 4.74. The first-order valence-electron chi connectivity index (χ1n) is 5.87. The van der Waals surface area contributed by atoms with Crippen molar-refractivity contribution in [2.24, 2.45) is 5.92 Å². The maximum absolute atomic E-state index is 4.74. The highest BCUT2D eigenvalue weighted by Gasteiger charge is 2.08. The highest BCUT2D eigenvalue weighted by molar-refractivity contribution is 9.10. The number of hydrogen-bond donors (Lipinski definition) is 1. The van der Waals surface area contributed by atoms with E-state index >= 15 is 0 Å². The number of fused-ring (bicyclic) bond motifs is 1. The van der Waals surface area contributed by atoms with Crippen molar-refractivity contribution in [3.8, 4) is 0 Å². The van der Waals surface area contributed by atoms with Crippen molar-refractivity contribution in [2.75, 3.05) is 12.4 Å². The van der Waals surface area contributed by atoms with Gasteiger partial charge in [-0.15, -0.1) is 0 Å². The minimum Gasteiger partial charge on any atom is -0.388 e. The van der Waals surface area contributed by atoms with E-state index in [2.05, 4.69) is 47.2 Å². The zero-order valence-electron chi connectivity index (χ0n) is 10.4. The Morgan fingerprint density at radius 2 is 2.12 bits per heavy atom. The summed E-state index contributed by atoms with van der Waals surface area (Å²) in [6, 6.07) is 8.32. The number of halogens is 1. The lowest BCUT2D eigenvalue weighted by atomic mass is 10.1. The van der Waals surface area contributed by atoms with E-state index in [1.165, 1.54) is 0 Å². The number of nitrogens with zero attached hydrogens (tertiary/aromatic N) is 1. The van der Waals surface area contributed by atoms with Crippen LogP contribution in [0.4, 0.5) is 5.69 Å². The molecule has 90 valence electrons. The van der Waals surface area contributed by atoms with Crippen molar-refractivity contribution >= 4 is 32.5 Å². The van der Waals surface area contributed by atoms with Crippen LogP contribution in [0.2, 0.25) is 0 Å². The van der Waals surface area contributed by atoms with Crippen LogP contribution in [-0.4, -0.2) is 12.0 Å². The van der Waals surface area contributed by atoms with Crippen molar-refractivity contribution in [1.29, 1.82) is 0 Å². The molecule has 17 heavy (non-hydrogen) atoms. The summed E-state index contributed by atoms with van der Waals surface area (Å²) < 4.78 is 1.05. The Hall–Kier alpha value is -1.09. The van der Waals surface area contributed by atoms with Crippen molar-refractivity contribution in [2.45, 2.75) is 20.3 Å². The average Bonchev–Trinajstić information content (AvgIpc) is 2.28. The summed E-state index contributed by atoms with van der Waals surface area (Å²) >= 11 is 3.57. The second-order valence-electron chi connectivity index (χ2n) is 4.65. The van der Waals surface area contributed by atoms with Gasteiger partial charge in [0.05, 0.1) is 5.52 Å². The minimum atomic E-state index is 0.618. The maximum Gasteiger partial charge on any atom is 0.0867 e. The van der Waals surface area contributed by atoms with Gasteiger partial charge in [-0.05, 0) is 40.4 Å². The predicted molar refractivity (Wildman–Crippen MR) is 77.5 cm³/mol. The monoisotopic (exact) mass is 292 g/mol. The summed E-state index contributed by atoms with van der Waals surface area (Å²) in [6.45, 7) is 4.43. The van der Waals surface area contributed by atoms with Gasteiger partial charge in [0.15, 0.2) is 0 Å². The van der Waals surface area contributed by atoms with Crippen LogP contribution in [0, 0.1) is 5.92 Å². The lowest BCUT2D eigenvalue weighted by molar-refractivity contribution is 0.637. The van der Waals surface area contributed by atoms with Gasteiger partial charge in [0, 0.05) is 28.3 Å². The van der Waals surface area contributed by atoms with Crippen LogP contribution in [0.5, 0.6) is 0 Å². The molecule has 0 fully saturated rings. The Morgan fingerprint density at radius 1 is 1.35 bits per heavy atom. The van der Waals surface area contributed by atoms with Gasteiger partial charge in [-0.2, -0.15) is 0 Å². The fraction of sp³-hybridized carbons (Fsp3) is 0.357. The largest absolute Gasteiger partial charge is 0.388 e. The molecule has 1 aromatic carbocycles. The number of anilines is 1. The van der Waals surface area contributed by atoms with Crippen LogP contribution in [0.3, 0.4) is 0 Å². The fourth-order valence-corrected chi connectivity index (χ4v) is 2.45. The van der Waals surface area contributed by atoms with E-state index in [0.29, 0.717) is 5.92 Å². The molecule has 1 heterocycles. The molecule has 1 aromatic heterocycles. The molecule has 0 unspecified atom stereocenters. The van der Waals surface area contributed by atoms with Crippen molar-refractivity contribution < 1.29 is 0 Å². The molecule has 2 rings (SSSR count). The number of aromatic nitrogens is 1. The van der Waals surface area contributed by atoms with E-state index < -0.39 is 0 Å². The number of hydrogen-bond acceptors (Lipinski definition) is 2. The van der Waals surface area contributed by atoms with Crippen LogP contribution < -0.4 is 5.32 Å². The molecule has 0 radical (unpaired) electrons. The number of rotatable bonds is 3. The van der Waals surface area contributed by atoms with Gasteiger partial charge < -0.3 is 5.32 Å². The number of pyridine rings is 1. The van der Waals surface area contributed by atoms with E-state index in [0.717, 1.165) is 33.2 Å². The third-order valence-electron chi connectivity index (χ3n) is 2.73. The molecule has 0 spiro atoms. The number of para-hydroxylation sites is 1. The molecule has 2 nitrogen and oxygen atoms in total. The zero-order valence-corrected chi connectivity index (χ0v) is 12.0. The summed E-state index contributed by atoms with van der Waals surface area (Å²) in [7, 11) is 1.95. The second-order valence-corrected chi connectivity index (χ2v) is 5.50. The van der Waals surface area contributed by atoms with Crippen LogP contribution >= 0.6 is 15.9 Å². The average molecular weight is 293 g/mol. The van der Waals surface area contributed by atoms with E-state index in [4.69, 9.17) is 4.98 Å². The molecule has 0 saturated carbocycles. The predicted octanol–water partition coefficient (Wildman–Crippen LogP) is 4.24. The molecular formula is C14H17BrN2. The lowest BCUT2D eigenvalue weighted by Crippen LogP contribution is -2.00. The van der Waals surface area contributed by atoms with Gasteiger partial charge in [-0.3, -0.25) is 4.98 Å². The summed E-state index contributed by atoms with van der Waals surface area (Å²) in [6.07, 6.45) is 1.01. The van der Waals surface area contributed by atoms with Crippen LogP contribution in [0.25, 0.3) is 10.9 Å². The first-order valence-corrected chi connectivity index (χ1v) is 6.67. The molecule has 2 aromatic rings. The summed E-state index contributed by atoms with van der Waals surface area (Å²) in [5, 5.41) is 4.41. The quantitative estimate of drug-likeness (QED) is 0.915. The van der Waals surface area contributed by atoms with Gasteiger partial charge in [-0.25, -0.2) is 0 Å². The number of nitrogens with one attached hydrogen (secondary N) is 1. The Bertz CT molecular complexity index is 535. The third-order valence-corrected chi connectivity index (χ3v) is 3.37. The first kappa shape index (κ1) is 12.4. The van der Waals surface area contributed by atoms with Gasteiger partial charge in [0.2, 0.25) is 0 Å². The van der Waals surface area contributed by atoms with Crippen LogP contribution in [0.15, 0.2) is 28.7 Å². The number of benzene rings is 1. The molecular weight excluding hydrogens is 276 g/mol. The smallest absolute Gasteiger partial charge is 0.0867 e. The third kappa shape index (κ3) is 2.60. The lowest BCUT2D eigenvalue weighted by Gasteiger charge is -2.11. The molecule has 0 aliphatic carbocycles. The molecule has 0 bridgehead atoms.